The fourth-order valence-corrected chi connectivity index (χ4v) is 5.01. The first-order valence-corrected chi connectivity index (χ1v) is 9.24. The third-order valence-electron chi connectivity index (χ3n) is 4.76. The summed E-state index contributed by atoms with van der Waals surface area (Å²) >= 11 is 0. The summed E-state index contributed by atoms with van der Waals surface area (Å²) in [4.78, 5) is 12.6. The Kier molecular flexibility index (Phi) is 3.85. The van der Waals surface area contributed by atoms with Gasteiger partial charge in [-0.1, -0.05) is 32.0 Å². The molecule has 1 aliphatic carbocycles. The molecule has 1 aliphatic heterocycles. The Morgan fingerprint density at radius 2 is 1.91 bits per heavy atom. The molecule has 1 aromatic carbocycles. The van der Waals surface area contributed by atoms with E-state index in [1.807, 2.05) is 0 Å². The number of amides is 1. The average Bonchev–Trinajstić information content (AvgIpc) is 2.74. The fourth-order valence-electron chi connectivity index (χ4n) is 3.49. The first-order valence-electron chi connectivity index (χ1n) is 7.76. The van der Waals surface area contributed by atoms with E-state index >= 15 is 0 Å². The van der Waals surface area contributed by atoms with Crippen molar-refractivity contribution in [2.45, 2.75) is 44.0 Å². The number of sulfone groups is 1. The molecular weight excluding hydrogens is 298 g/mol. The Morgan fingerprint density at radius 3 is 2.59 bits per heavy atom. The van der Waals surface area contributed by atoms with Crippen LogP contribution in [0.5, 0.6) is 0 Å². The third-order valence-corrected chi connectivity index (χ3v) is 6.59. The van der Waals surface area contributed by atoms with Crippen LogP contribution in [0.3, 0.4) is 0 Å². The molecule has 5 heteroatoms. The van der Waals surface area contributed by atoms with Gasteiger partial charge in [0.05, 0.1) is 4.90 Å². The minimum Gasteiger partial charge on any atom is -0.348 e. The van der Waals surface area contributed by atoms with Gasteiger partial charge in [-0.25, -0.2) is 8.42 Å². The van der Waals surface area contributed by atoms with Gasteiger partial charge in [-0.15, -0.1) is 0 Å². The normalized spacial score (nSPS) is 29.5. The van der Waals surface area contributed by atoms with Crippen LogP contribution in [0.4, 0.5) is 0 Å². The standard InChI is InChI=1S/C17H21NO3S/c1-11-7-8-14(12(2)9-11)18-17(19)16-10-13-5-3-4-6-15(13)22(16,20)21/h3-6,10-12,14H,7-9H2,1-2H3,(H,18,19). The maximum absolute atomic E-state index is 12.5. The summed E-state index contributed by atoms with van der Waals surface area (Å²) in [6.45, 7) is 4.34. The van der Waals surface area contributed by atoms with Crippen molar-refractivity contribution >= 4 is 21.8 Å². The van der Waals surface area contributed by atoms with Crippen LogP contribution >= 0.6 is 0 Å². The quantitative estimate of drug-likeness (QED) is 0.911. The summed E-state index contributed by atoms with van der Waals surface area (Å²) in [5.74, 6) is 0.573. The highest BCUT2D eigenvalue weighted by molar-refractivity contribution is 7.96. The molecule has 0 aromatic heterocycles. The van der Waals surface area contributed by atoms with Crippen molar-refractivity contribution in [2.75, 3.05) is 0 Å². The molecule has 1 heterocycles. The summed E-state index contributed by atoms with van der Waals surface area (Å²) in [5.41, 5.74) is 0.595. The van der Waals surface area contributed by atoms with E-state index in [0.717, 1.165) is 19.3 Å². The zero-order chi connectivity index (χ0) is 15.9. The molecule has 1 fully saturated rings. The largest absolute Gasteiger partial charge is 0.348 e. The highest BCUT2D eigenvalue weighted by Gasteiger charge is 2.36. The Bertz CT molecular complexity index is 736. The van der Waals surface area contributed by atoms with Crippen molar-refractivity contribution in [3.05, 3.63) is 34.7 Å². The van der Waals surface area contributed by atoms with Crippen LogP contribution in [0.15, 0.2) is 34.1 Å². The first-order chi connectivity index (χ1) is 10.4. The summed E-state index contributed by atoms with van der Waals surface area (Å²) < 4.78 is 24.9. The van der Waals surface area contributed by atoms with Gasteiger partial charge in [0, 0.05) is 6.04 Å². The highest BCUT2D eigenvalue weighted by atomic mass is 32.2. The molecule has 0 bridgehead atoms. The molecule has 118 valence electrons. The number of benzene rings is 1. The molecule has 1 aromatic rings. The Hall–Kier alpha value is -1.62. The van der Waals surface area contributed by atoms with Crippen molar-refractivity contribution in [3.8, 4) is 0 Å². The van der Waals surface area contributed by atoms with Gasteiger partial charge in [0.15, 0.2) is 0 Å². The third kappa shape index (κ3) is 2.58. The first kappa shape index (κ1) is 15.3. The van der Waals surface area contributed by atoms with Crippen molar-refractivity contribution in [2.24, 2.45) is 11.8 Å². The molecule has 22 heavy (non-hydrogen) atoms. The molecule has 1 saturated carbocycles. The molecule has 0 saturated heterocycles. The highest BCUT2D eigenvalue weighted by Crippen LogP contribution is 2.33. The summed E-state index contributed by atoms with van der Waals surface area (Å²) in [5, 5.41) is 2.94. The van der Waals surface area contributed by atoms with Gasteiger partial charge in [-0.2, -0.15) is 0 Å². The number of carbonyl (C=O) groups is 1. The SMILES string of the molecule is CC1CCC(NC(=O)C2=Cc3ccccc3S2(=O)=O)C(C)C1. The second kappa shape index (κ2) is 5.54. The van der Waals surface area contributed by atoms with E-state index < -0.39 is 15.7 Å². The minimum atomic E-state index is -3.68. The number of nitrogens with one attached hydrogen (secondary N) is 1. The Labute approximate surface area is 131 Å². The van der Waals surface area contributed by atoms with Crippen LogP contribution in [0.2, 0.25) is 0 Å². The monoisotopic (exact) mass is 319 g/mol. The predicted octanol–water partition coefficient (Wildman–Crippen LogP) is 2.76. The molecule has 2 aliphatic rings. The average molecular weight is 319 g/mol. The van der Waals surface area contributed by atoms with Crippen LogP contribution in [0.1, 0.15) is 38.7 Å². The van der Waals surface area contributed by atoms with E-state index in [1.54, 1.807) is 24.3 Å². The summed E-state index contributed by atoms with van der Waals surface area (Å²) in [6, 6.07) is 6.78. The van der Waals surface area contributed by atoms with Crippen molar-refractivity contribution < 1.29 is 13.2 Å². The number of hydrogen-bond acceptors (Lipinski definition) is 3. The molecule has 0 spiro atoms. The lowest BCUT2D eigenvalue weighted by Gasteiger charge is -2.33. The minimum absolute atomic E-state index is 0.0588. The number of fused-ring (bicyclic) bond motifs is 1. The summed E-state index contributed by atoms with van der Waals surface area (Å²) in [7, 11) is -3.68. The zero-order valence-corrected chi connectivity index (χ0v) is 13.7. The molecule has 0 radical (unpaired) electrons. The lowest BCUT2D eigenvalue weighted by atomic mass is 9.80. The topological polar surface area (TPSA) is 63.2 Å². The van der Waals surface area contributed by atoms with E-state index in [-0.39, 0.29) is 15.8 Å². The van der Waals surface area contributed by atoms with Crippen LogP contribution in [0.25, 0.3) is 6.08 Å². The van der Waals surface area contributed by atoms with Crippen LogP contribution in [-0.2, 0) is 14.6 Å². The van der Waals surface area contributed by atoms with Crippen LogP contribution in [0, 0.1) is 11.8 Å². The van der Waals surface area contributed by atoms with Crippen LogP contribution in [-0.4, -0.2) is 20.4 Å². The Morgan fingerprint density at radius 1 is 1.18 bits per heavy atom. The van der Waals surface area contributed by atoms with E-state index in [4.69, 9.17) is 0 Å². The van der Waals surface area contributed by atoms with E-state index in [2.05, 4.69) is 19.2 Å². The molecule has 1 amide bonds. The van der Waals surface area contributed by atoms with Crippen LogP contribution < -0.4 is 5.32 Å². The number of carbonyl (C=O) groups excluding carboxylic acids is 1. The second-order valence-electron chi connectivity index (χ2n) is 6.53. The lowest BCUT2D eigenvalue weighted by Crippen LogP contribution is -2.43. The maximum Gasteiger partial charge on any atom is 0.263 e. The molecular formula is C17H21NO3S. The fraction of sp³-hybridized carbons (Fsp3) is 0.471. The van der Waals surface area contributed by atoms with Gasteiger partial charge in [-0.05, 0) is 48.8 Å². The number of rotatable bonds is 2. The molecule has 3 rings (SSSR count). The smallest absolute Gasteiger partial charge is 0.263 e. The molecule has 4 nitrogen and oxygen atoms in total. The van der Waals surface area contributed by atoms with Crippen molar-refractivity contribution in [1.29, 1.82) is 0 Å². The van der Waals surface area contributed by atoms with E-state index in [9.17, 15) is 13.2 Å². The van der Waals surface area contributed by atoms with Crippen molar-refractivity contribution in [3.63, 3.8) is 0 Å². The van der Waals surface area contributed by atoms with Gasteiger partial charge in [0.1, 0.15) is 4.91 Å². The molecule has 3 atom stereocenters. The Balaban J connectivity index is 1.80. The lowest BCUT2D eigenvalue weighted by molar-refractivity contribution is -0.118. The second-order valence-corrected chi connectivity index (χ2v) is 8.41. The number of hydrogen-bond donors (Lipinski definition) is 1. The van der Waals surface area contributed by atoms with Gasteiger partial charge < -0.3 is 5.32 Å². The van der Waals surface area contributed by atoms with Gasteiger partial charge in [0.2, 0.25) is 9.84 Å². The molecule has 3 unspecified atom stereocenters. The van der Waals surface area contributed by atoms with E-state index in [1.165, 1.54) is 6.08 Å². The molecule has 1 N–H and O–H groups in total. The van der Waals surface area contributed by atoms with Gasteiger partial charge in [0.25, 0.3) is 5.91 Å². The summed E-state index contributed by atoms with van der Waals surface area (Å²) in [6.07, 6.45) is 4.53. The maximum atomic E-state index is 12.5. The van der Waals surface area contributed by atoms with Crippen molar-refractivity contribution in [1.82, 2.24) is 5.32 Å². The van der Waals surface area contributed by atoms with Gasteiger partial charge in [-0.3, -0.25) is 4.79 Å². The van der Waals surface area contributed by atoms with E-state index in [0.29, 0.717) is 17.4 Å². The zero-order valence-electron chi connectivity index (χ0n) is 12.9. The van der Waals surface area contributed by atoms with Gasteiger partial charge >= 0.3 is 0 Å². The predicted molar refractivity (Wildman–Crippen MR) is 85.7 cm³/mol.